The van der Waals surface area contributed by atoms with Gasteiger partial charge in [0.2, 0.25) is 0 Å². The number of hydrogen-bond acceptors (Lipinski definition) is 3. The number of ether oxygens (including phenoxy) is 1. The molecule has 0 N–H and O–H groups in total. The summed E-state index contributed by atoms with van der Waals surface area (Å²) in [6, 6.07) is 30.3. The molecule has 0 spiro atoms. The lowest BCUT2D eigenvalue weighted by Crippen LogP contribution is -2.38. The van der Waals surface area contributed by atoms with Crippen LogP contribution in [-0.4, -0.2) is 17.5 Å². The van der Waals surface area contributed by atoms with E-state index >= 15 is 0 Å². The normalized spacial score (nSPS) is 12.7. The largest absolute Gasteiger partial charge is 0.482 e. The van der Waals surface area contributed by atoms with Gasteiger partial charge in [-0.15, -0.1) is 0 Å². The number of aryl methyl sites for hydroxylation is 1. The Labute approximate surface area is 225 Å². The van der Waals surface area contributed by atoms with Crippen molar-refractivity contribution in [2.45, 2.75) is 13.5 Å². The van der Waals surface area contributed by atoms with E-state index in [1.165, 1.54) is 24.3 Å². The van der Waals surface area contributed by atoms with Crippen molar-refractivity contribution < 1.29 is 18.3 Å². The molecule has 0 radical (unpaired) electrons. The summed E-state index contributed by atoms with van der Waals surface area (Å²) in [6.45, 7) is 2.26. The molecule has 1 aliphatic heterocycles. The van der Waals surface area contributed by atoms with Gasteiger partial charge in [-0.3, -0.25) is 4.79 Å². The van der Waals surface area contributed by atoms with Crippen LogP contribution in [0, 0.1) is 18.6 Å². The van der Waals surface area contributed by atoms with Crippen molar-refractivity contribution in [3.8, 4) is 39.4 Å². The SMILES string of the molecule is Cc1ccc(-c2cc(-c3ccc(F)cc3)nc(-c3ccc4c(c3)N(Cc3ccc(F)cc3)C(=O)CO4)c2)cc1. The molecule has 0 atom stereocenters. The molecule has 0 bridgehead atoms. The van der Waals surface area contributed by atoms with Gasteiger partial charge in [0.05, 0.1) is 23.6 Å². The molecule has 0 aliphatic carbocycles. The smallest absolute Gasteiger partial charge is 0.265 e. The van der Waals surface area contributed by atoms with Crippen LogP contribution < -0.4 is 9.64 Å². The maximum absolute atomic E-state index is 13.7. The number of rotatable bonds is 5. The average Bonchev–Trinajstić information content (AvgIpc) is 2.96. The Hall–Kier alpha value is -4.84. The lowest BCUT2D eigenvalue weighted by molar-refractivity contribution is -0.121. The Balaban J connectivity index is 1.45. The third-order valence-corrected chi connectivity index (χ3v) is 6.80. The first-order chi connectivity index (χ1) is 18.9. The number of benzene rings is 4. The van der Waals surface area contributed by atoms with Gasteiger partial charge in [0.1, 0.15) is 17.4 Å². The minimum Gasteiger partial charge on any atom is -0.482 e. The zero-order valence-corrected chi connectivity index (χ0v) is 21.2. The highest BCUT2D eigenvalue weighted by Gasteiger charge is 2.26. The number of carbonyl (C=O) groups excluding carboxylic acids is 1. The number of nitrogens with zero attached hydrogens (tertiary/aromatic N) is 2. The molecule has 39 heavy (non-hydrogen) atoms. The van der Waals surface area contributed by atoms with Crippen molar-refractivity contribution in [3.05, 3.63) is 126 Å². The second-order valence-electron chi connectivity index (χ2n) is 9.58. The molecule has 2 heterocycles. The van der Waals surface area contributed by atoms with E-state index in [1.54, 1.807) is 29.2 Å². The molecule has 6 rings (SSSR count). The summed E-state index contributed by atoms with van der Waals surface area (Å²) in [5.41, 5.74) is 7.59. The Morgan fingerprint density at radius 2 is 1.31 bits per heavy atom. The van der Waals surface area contributed by atoms with Crippen LogP contribution in [-0.2, 0) is 11.3 Å². The topological polar surface area (TPSA) is 42.4 Å². The summed E-state index contributed by atoms with van der Waals surface area (Å²) in [6.07, 6.45) is 0. The molecule has 4 nitrogen and oxygen atoms in total. The second kappa shape index (κ2) is 10.1. The molecule has 0 fully saturated rings. The second-order valence-corrected chi connectivity index (χ2v) is 9.58. The maximum atomic E-state index is 13.7. The number of carbonyl (C=O) groups is 1. The molecular formula is C33H24F2N2O2. The third kappa shape index (κ3) is 5.14. The van der Waals surface area contributed by atoms with Gasteiger partial charge >= 0.3 is 0 Å². The van der Waals surface area contributed by atoms with Crippen molar-refractivity contribution >= 4 is 11.6 Å². The van der Waals surface area contributed by atoms with E-state index in [1.807, 2.05) is 37.3 Å². The summed E-state index contributed by atoms with van der Waals surface area (Å²) < 4.78 is 32.8. The van der Waals surface area contributed by atoms with E-state index in [4.69, 9.17) is 9.72 Å². The van der Waals surface area contributed by atoms with E-state index in [0.29, 0.717) is 22.8 Å². The summed E-state index contributed by atoms with van der Waals surface area (Å²) in [4.78, 5) is 19.5. The fraction of sp³-hybridized carbons (Fsp3) is 0.0909. The lowest BCUT2D eigenvalue weighted by atomic mass is 9.99. The van der Waals surface area contributed by atoms with Gasteiger partial charge in [0.25, 0.3) is 5.91 Å². The first kappa shape index (κ1) is 24.5. The molecule has 0 saturated carbocycles. The van der Waals surface area contributed by atoms with E-state index < -0.39 is 0 Å². The van der Waals surface area contributed by atoms with Crippen molar-refractivity contribution in [3.63, 3.8) is 0 Å². The van der Waals surface area contributed by atoms with Crippen LogP contribution in [0.15, 0.2) is 103 Å². The van der Waals surface area contributed by atoms with Crippen LogP contribution in [0.1, 0.15) is 11.1 Å². The van der Waals surface area contributed by atoms with E-state index in [-0.39, 0.29) is 30.7 Å². The fourth-order valence-electron chi connectivity index (χ4n) is 4.67. The van der Waals surface area contributed by atoms with Crippen molar-refractivity contribution in [1.82, 2.24) is 4.98 Å². The zero-order valence-electron chi connectivity index (χ0n) is 21.2. The summed E-state index contributed by atoms with van der Waals surface area (Å²) >= 11 is 0. The predicted octanol–water partition coefficient (Wildman–Crippen LogP) is 7.59. The molecule has 5 aromatic rings. The quantitative estimate of drug-likeness (QED) is 0.241. The zero-order chi connectivity index (χ0) is 26.9. The molecule has 6 heteroatoms. The summed E-state index contributed by atoms with van der Waals surface area (Å²) in [7, 11) is 0. The third-order valence-electron chi connectivity index (χ3n) is 6.80. The first-order valence-electron chi connectivity index (χ1n) is 12.6. The number of anilines is 1. The molecule has 1 aromatic heterocycles. The van der Waals surface area contributed by atoms with Crippen molar-refractivity contribution in [1.29, 1.82) is 0 Å². The minimum absolute atomic E-state index is 0.0661. The summed E-state index contributed by atoms with van der Waals surface area (Å²) in [5, 5.41) is 0. The molecule has 4 aromatic carbocycles. The van der Waals surface area contributed by atoms with Gasteiger partial charge in [-0.2, -0.15) is 0 Å². The van der Waals surface area contributed by atoms with Gasteiger partial charge in [-0.25, -0.2) is 13.8 Å². The van der Waals surface area contributed by atoms with Crippen LogP contribution in [0.3, 0.4) is 0 Å². The van der Waals surface area contributed by atoms with Crippen LogP contribution in [0.4, 0.5) is 14.5 Å². The average molecular weight is 519 g/mol. The lowest BCUT2D eigenvalue weighted by Gasteiger charge is -2.30. The molecule has 192 valence electrons. The summed E-state index contributed by atoms with van der Waals surface area (Å²) in [5.74, 6) is -0.230. The van der Waals surface area contributed by atoms with Gasteiger partial charge < -0.3 is 9.64 Å². The highest BCUT2D eigenvalue weighted by Crippen LogP contribution is 2.38. The number of amides is 1. The Morgan fingerprint density at radius 3 is 2.00 bits per heavy atom. The molecule has 0 unspecified atom stereocenters. The predicted molar refractivity (Wildman–Crippen MR) is 148 cm³/mol. The number of hydrogen-bond donors (Lipinski definition) is 0. The van der Waals surface area contributed by atoms with Crippen molar-refractivity contribution in [2.24, 2.45) is 0 Å². The van der Waals surface area contributed by atoms with Gasteiger partial charge in [0.15, 0.2) is 6.61 Å². The van der Waals surface area contributed by atoms with Gasteiger partial charge in [0, 0.05) is 11.1 Å². The Morgan fingerprint density at radius 1 is 0.718 bits per heavy atom. The van der Waals surface area contributed by atoms with E-state index in [2.05, 4.69) is 24.3 Å². The van der Waals surface area contributed by atoms with Crippen molar-refractivity contribution in [2.75, 3.05) is 11.5 Å². The Bertz CT molecular complexity index is 1600. The number of pyridine rings is 1. The molecule has 1 aliphatic rings. The highest BCUT2D eigenvalue weighted by molar-refractivity contribution is 5.98. The minimum atomic E-state index is -0.328. The van der Waals surface area contributed by atoms with E-state index in [9.17, 15) is 13.6 Å². The number of halogens is 2. The fourth-order valence-corrected chi connectivity index (χ4v) is 4.67. The number of aromatic nitrogens is 1. The van der Waals surface area contributed by atoms with Gasteiger partial charge in [-0.05, 0) is 90.3 Å². The first-order valence-corrected chi connectivity index (χ1v) is 12.6. The molecule has 1 amide bonds. The number of fused-ring (bicyclic) bond motifs is 1. The highest BCUT2D eigenvalue weighted by atomic mass is 19.1. The molecular weight excluding hydrogens is 494 g/mol. The van der Waals surface area contributed by atoms with Crippen LogP contribution in [0.25, 0.3) is 33.6 Å². The van der Waals surface area contributed by atoms with E-state index in [0.717, 1.165) is 33.4 Å². The molecule has 0 saturated heterocycles. The standard InChI is InChI=1S/C33H24F2N2O2/c1-21-2-6-23(7-3-21)26-16-29(24-8-13-28(35)14-9-24)36-30(17-26)25-10-15-32-31(18-25)37(33(38)20-39-32)19-22-4-11-27(34)12-5-22/h2-18H,19-20H2,1H3. The van der Waals surface area contributed by atoms with Crippen LogP contribution in [0.5, 0.6) is 5.75 Å². The monoisotopic (exact) mass is 518 g/mol. The van der Waals surface area contributed by atoms with Gasteiger partial charge in [-0.1, -0.05) is 42.0 Å². The van der Waals surface area contributed by atoms with Crippen LogP contribution >= 0.6 is 0 Å². The van der Waals surface area contributed by atoms with Crippen LogP contribution in [0.2, 0.25) is 0 Å². The maximum Gasteiger partial charge on any atom is 0.265 e. The Kier molecular flexibility index (Phi) is 6.37.